The van der Waals surface area contributed by atoms with Crippen LogP contribution in [-0.4, -0.2) is 12.6 Å². The molecular formula is C11H15NO. The summed E-state index contributed by atoms with van der Waals surface area (Å²) < 4.78 is 5.63. The maximum absolute atomic E-state index is 5.63. The monoisotopic (exact) mass is 177 g/mol. The van der Waals surface area contributed by atoms with E-state index in [0.29, 0.717) is 12.0 Å². The fourth-order valence-corrected chi connectivity index (χ4v) is 1.49. The Morgan fingerprint density at radius 1 is 1.38 bits per heavy atom. The van der Waals surface area contributed by atoms with Crippen molar-refractivity contribution in [1.29, 1.82) is 0 Å². The van der Waals surface area contributed by atoms with Gasteiger partial charge in [0, 0.05) is 0 Å². The van der Waals surface area contributed by atoms with E-state index in [4.69, 9.17) is 4.74 Å². The van der Waals surface area contributed by atoms with Crippen molar-refractivity contribution in [3.05, 3.63) is 24.3 Å². The summed E-state index contributed by atoms with van der Waals surface area (Å²) in [6.45, 7) is 5.18. The molecule has 2 rings (SSSR count). The van der Waals surface area contributed by atoms with Crippen LogP contribution in [0.25, 0.3) is 0 Å². The molecule has 1 aromatic rings. The average molecular weight is 177 g/mol. The molecule has 1 heterocycles. The SMILES string of the molecule is CC(C)[C@H]1COc2ccccc2N1. The topological polar surface area (TPSA) is 21.3 Å². The third-order valence-electron chi connectivity index (χ3n) is 2.45. The van der Waals surface area contributed by atoms with Gasteiger partial charge in [0.15, 0.2) is 0 Å². The van der Waals surface area contributed by atoms with Gasteiger partial charge in [0.05, 0.1) is 11.7 Å². The summed E-state index contributed by atoms with van der Waals surface area (Å²) >= 11 is 0. The molecule has 1 aliphatic rings. The predicted octanol–water partition coefficient (Wildman–Crippen LogP) is 2.52. The minimum atomic E-state index is 0.440. The van der Waals surface area contributed by atoms with Gasteiger partial charge >= 0.3 is 0 Å². The predicted molar refractivity (Wildman–Crippen MR) is 54.2 cm³/mol. The molecule has 0 spiro atoms. The average Bonchev–Trinajstić information content (AvgIpc) is 2.17. The number of nitrogens with one attached hydrogen (secondary N) is 1. The second kappa shape index (κ2) is 3.29. The molecule has 0 radical (unpaired) electrons. The van der Waals surface area contributed by atoms with E-state index in [9.17, 15) is 0 Å². The number of fused-ring (bicyclic) bond motifs is 1. The molecule has 1 atom stereocenters. The van der Waals surface area contributed by atoms with E-state index in [-0.39, 0.29) is 0 Å². The van der Waals surface area contributed by atoms with Gasteiger partial charge in [-0.2, -0.15) is 0 Å². The normalized spacial score (nSPS) is 20.4. The van der Waals surface area contributed by atoms with E-state index in [0.717, 1.165) is 18.0 Å². The number of para-hydroxylation sites is 2. The fraction of sp³-hybridized carbons (Fsp3) is 0.455. The highest BCUT2D eigenvalue weighted by molar-refractivity contribution is 5.58. The third-order valence-corrected chi connectivity index (χ3v) is 2.45. The van der Waals surface area contributed by atoms with Crippen LogP contribution in [0, 0.1) is 5.92 Å². The molecule has 0 amide bonds. The first kappa shape index (κ1) is 8.42. The first-order chi connectivity index (χ1) is 6.27. The van der Waals surface area contributed by atoms with Gasteiger partial charge in [0.25, 0.3) is 0 Å². The standard InChI is InChI=1S/C11H15NO/c1-8(2)10-7-13-11-6-4-3-5-9(11)12-10/h3-6,8,10,12H,7H2,1-2H3/t10-/m1/s1. The summed E-state index contributed by atoms with van der Waals surface area (Å²) in [7, 11) is 0. The van der Waals surface area contributed by atoms with Crippen LogP contribution in [0.4, 0.5) is 5.69 Å². The van der Waals surface area contributed by atoms with Crippen molar-refractivity contribution in [3.63, 3.8) is 0 Å². The Bertz CT molecular complexity index is 296. The summed E-state index contributed by atoms with van der Waals surface area (Å²) in [5, 5.41) is 3.47. The van der Waals surface area contributed by atoms with E-state index in [1.54, 1.807) is 0 Å². The molecule has 1 N–H and O–H groups in total. The van der Waals surface area contributed by atoms with Gasteiger partial charge in [0.2, 0.25) is 0 Å². The van der Waals surface area contributed by atoms with Crippen molar-refractivity contribution in [2.45, 2.75) is 19.9 Å². The highest BCUT2D eigenvalue weighted by Gasteiger charge is 2.20. The quantitative estimate of drug-likeness (QED) is 0.711. The molecule has 2 heteroatoms. The zero-order valence-electron chi connectivity index (χ0n) is 8.08. The summed E-state index contributed by atoms with van der Waals surface area (Å²) in [6.07, 6.45) is 0. The summed E-state index contributed by atoms with van der Waals surface area (Å²) in [6, 6.07) is 8.52. The highest BCUT2D eigenvalue weighted by Crippen LogP contribution is 2.29. The van der Waals surface area contributed by atoms with E-state index >= 15 is 0 Å². The zero-order valence-corrected chi connectivity index (χ0v) is 8.08. The summed E-state index contributed by atoms with van der Waals surface area (Å²) in [4.78, 5) is 0. The van der Waals surface area contributed by atoms with Gasteiger partial charge in [0.1, 0.15) is 12.4 Å². The molecule has 2 nitrogen and oxygen atoms in total. The molecule has 0 aromatic heterocycles. The van der Waals surface area contributed by atoms with Gasteiger partial charge in [-0.15, -0.1) is 0 Å². The minimum Gasteiger partial charge on any atom is -0.489 e. The van der Waals surface area contributed by atoms with Crippen molar-refractivity contribution in [2.24, 2.45) is 5.92 Å². The molecule has 1 aliphatic heterocycles. The van der Waals surface area contributed by atoms with E-state index < -0.39 is 0 Å². The number of rotatable bonds is 1. The molecule has 1 aromatic carbocycles. The van der Waals surface area contributed by atoms with Crippen LogP contribution < -0.4 is 10.1 Å². The van der Waals surface area contributed by atoms with Crippen LogP contribution in [-0.2, 0) is 0 Å². The van der Waals surface area contributed by atoms with Gasteiger partial charge in [-0.1, -0.05) is 26.0 Å². The molecule has 13 heavy (non-hydrogen) atoms. The van der Waals surface area contributed by atoms with Crippen LogP contribution in [0.2, 0.25) is 0 Å². The maximum Gasteiger partial charge on any atom is 0.142 e. The zero-order chi connectivity index (χ0) is 9.26. The molecular weight excluding hydrogens is 162 g/mol. The van der Waals surface area contributed by atoms with Crippen LogP contribution in [0.1, 0.15) is 13.8 Å². The lowest BCUT2D eigenvalue weighted by molar-refractivity contribution is 0.257. The molecule has 0 unspecified atom stereocenters. The smallest absolute Gasteiger partial charge is 0.142 e. The lowest BCUT2D eigenvalue weighted by atomic mass is 10.0. The highest BCUT2D eigenvalue weighted by atomic mass is 16.5. The van der Waals surface area contributed by atoms with Crippen LogP contribution >= 0.6 is 0 Å². The largest absolute Gasteiger partial charge is 0.489 e. The Morgan fingerprint density at radius 3 is 2.92 bits per heavy atom. The van der Waals surface area contributed by atoms with Crippen molar-refractivity contribution >= 4 is 5.69 Å². The molecule has 0 bridgehead atoms. The molecule has 0 saturated heterocycles. The van der Waals surface area contributed by atoms with Crippen molar-refractivity contribution in [3.8, 4) is 5.75 Å². The van der Waals surface area contributed by atoms with Crippen molar-refractivity contribution in [2.75, 3.05) is 11.9 Å². The summed E-state index contributed by atoms with van der Waals surface area (Å²) in [5.41, 5.74) is 1.12. The van der Waals surface area contributed by atoms with Gasteiger partial charge in [-0.3, -0.25) is 0 Å². The number of hydrogen-bond donors (Lipinski definition) is 1. The number of hydrogen-bond acceptors (Lipinski definition) is 2. The van der Waals surface area contributed by atoms with Crippen LogP contribution in [0.5, 0.6) is 5.75 Å². The van der Waals surface area contributed by atoms with Gasteiger partial charge in [-0.25, -0.2) is 0 Å². The number of anilines is 1. The molecule has 0 aliphatic carbocycles. The Hall–Kier alpha value is -1.18. The van der Waals surface area contributed by atoms with E-state index in [2.05, 4.69) is 25.2 Å². The first-order valence-corrected chi connectivity index (χ1v) is 4.76. The molecule has 0 saturated carbocycles. The van der Waals surface area contributed by atoms with Crippen molar-refractivity contribution in [1.82, 2.24) is 0 Å². The second-order valence-electron chi connectivity index (χ2n) is 3.80. The van der Waals surface area contributed by atoms with Gasteiger partial charge < -0.3 is 10.1 Å². The van der Waals surface area contributed by atoms with Gasteiger partial charge in [-0.05, 0) is 18.1 Å². The third kappa shape index (κ3) is 1.62. The fourth-order valence-electron chi connectivity index (χ4n) is 1.49. The Balaban J connectivity index is 2.20. The first-order valence-electron chi connectivity index (χ1n) is 4.76. The minimum absolute atomic E-state index is 0.440. The maximum atomic E-state index is 5.63. The number of ether oxygens (including phenoxy) is 1. The van der Waals surface area contributed by atoms with E-state index in [1.807, 2.05) is 18.2 Å². The van der Waals surface area contributed by atoms with Crippen LogP contribution in [0.3, 0.4) is 0 Å². The Labute approximate surface area is 78.9 Å². The lowest BCUT2D eigenvalue weighted by Crippen LogP contribution is -2.35. The summed E-state index contributed by atoms with van der Waals surface area (Å²) in [5.74, 6) is 1.58. The Kier molecular flexibility index (Phi) is 2.13. The van der Waals surface area contributed by atoms with Crippen molar-refractivity contribution < 1.29 is 4.74 Å². The molecule has 0 fully saturated rings. The van der Waals surface area contributed by atoms with E-state index in [1.165, 1.54) is 0 Å². The lowest BCUT2D eigenvalue weighted by Gasteiger charge is -2.29. The second-order valence-corrected chi connectivity index (χ2v) is 3.80. The molecule has 70 valence electrons. The number of benzene rings is 1. The van der Waals surface area contributed by atoms with Crippen LogP contribution in [0.15, 0.2) is 24.3 Å². The Morgan fingerprint density at radius 2 is 2.15 bits per heavy atom.